The van der Waals surface area contributed by atoms with E-state index in [1.54, 1.807) is 0 Å². The Morgan fingerprint density at radius 2 is 1.81 bits per heavy atom. The molecule has 1 aromatic heterocycles. The maximum Gasteiger partial charge on any atom is 0.417 e. The molecule has 1 aromatic rings. The zero-order valence-electron chi connectivity index (χ0n) is 15.5. The molecule has 1 heterocycles. The van der Waals surface area contributed by atoms with Crippen LogP contribution in [0.2, 0.25) is 0 Å². The van der Waals surface area contributed by atoms with Crippen molar-refractivity contribution in [3.63, 3.8) is 0 Å². The second kappa shape index (κ2) is 7.84. The van der Waals surface area contributed by atoms with Crippen LogP contribution in [0, 0.1) is 11.3 Å². The van der Waals surface area contributed by atoms with E-state index >= 15 is 0 Å². The summed E-state index contributed by atoms with van der Waals surface area (Å²) in [5.41, 5.74) is -1.28. The first-order valence-corrected chi connectivity index (χ1v) is 9.10. The Morgan fingerprint density at radius 1 is 1.19 bits per heavy atom. The summed E-state index contributed by atoms with van der Waals surface area (Å²) in [6, 6.07) is 1.59. The lowest BCUT2D eigenvalue weighted by Crippen LogP contribution is -2.42. The van der Waals surface area contributed by atoms with Crippen LogP contribution in [-0.4, -0.2) is 16.5 Å². The molecule has 1 fully saturated rings. The summed E-state index contributed by atoms with van der Waals surface area (Å²) < 4.78 is 39.1. The van der Waals surface area contributed by atoms with E-state index in [2.05, 4.69) is 26.1 Å². The first-order chi connectivity index (χ1) is 12.0. The lowest BCUT2D eigenvalue weighted by Gasteiger charge is -2.39. The first-order valence-electron chi connectivity index (χ1n) is 9.10. The van der Waals surface area contributed by atoms with Gasteiger partial charge in [-0.15, -0.1) is 0 Å². The number of hydrogen-bond acceptors (Lipinski definition) is 2. The van der Waals surface area contributed by atoms with Crippen LogP contribution >= 0.6 is 0 Å². The van der Waals surface area contributed by atoms with E-state index in [0.717, 1.165) is 48.8 Å². The summed E-state index contributed by atoms with van der Waals surface area (Å²) in [4.78, 5) is 23.9. The van der Waals surface area contributed by atoms with Gasteiger partial charge < -0.3 is 9.88 Å². The number of amides is 1. The molecule has 0 unspecified atom stereocenters. The number of hydrogen-bond donors (Lipinski definition) is 1. The quantitative estimate of drug-likeness (QED) is 0.850. The molecule has 0 aliphatic heterocycles. The molecule has 1 amide bonds. The minimum Gasteiger partial charge on any atom is -0.352 e. The molecule has 0 aromatic carbocycles. The molecule has 0 saturated heterocycles. The van der Waals surface area contributed by atoms with Gasteiger partial charge in [0.2, 0.25) is 5.91 Å². The van der Waals surface area contributed by atoms with Gasteiger partial charge in [-0.3, -0.25) is 9.59 Å². The molecule has 2 rings (SSSR count). The molecule has 0 bridgehead atoms. The monoisotopic (exact) mass is 372 g/mol. The summed E-state index contributed by atoms with van der Waals surface area (Å²) >= 11 is 0. The maximum atomic E-state index is 12.8. The Balaban J connectivity index is 1.93. The summed E-state index contributed by atoms with van der Waals surface area (Å²) in [6.07, 6.45) is 1.02. The van der Waals surface area contributed by atoms with Crippen molar-refractivity contribution in [2.75, 3.05) is 0 Å². The van der Waals surface area contributed by atoms with Crippen LogP contribution in [0.3, 0.4) is 0 Å². The van der Waals surface area contributed by atoms with E-state index in [1.807, 2.05) is 0 Å². The lowest BCUT2D eigenvalue weighted by molar-refractivity contribution is -0.138. The van der Waals surface area contributed by atoms with E-state index in [4.69, 9.17) is 0 Å². The minimum atomic E-state index is -4.55. The highest BCUT2D eigenvalue weighted by atomic mass is 19.4. The summed E-state index contributed by atoms with van der Waals surface area (Å²) in [6.45, 7) is 6.30. The standard InChI is InChI=1S/C19H27F3N2O2/c1-4-18(2,3)13-5-8-15(9-6-13)23-16(25)12-24-11-14(19(20,21)22)7-10-17(24)26/h7,10-11,13,15H,4-6,8-9,12H2,1-3H3,(H,23,25). The molecule has 146 valence electrons. The van der Waals surface area contributed by atoms with Gasteiger partial charge in [-0.1, -0.05) is 27.2 Å². The molecule has 1 N–H and O–H groups in total. The van der Waals surface area contributed by atoms with Gasteiger partial charge in [0.15, 0.2) is 0 Å². The van der Waals surface area contributed by atoms with Gasteiger partial charge in [0.05, 0.1) is 5.56 Å². The fourth-order valence-electron chi connectivity index (χ4n) is 3.56. The predicted octanol–water partition coefficient (Wildman–Crippen LogP) is 3.98. The van der Waals surface area contributed by atoms with Crippen molar-refractivity contribution in [2.45, 2.75) is 71.6 Å². The van der Waals surface area contributed by atoms with Crippen LogP contribution in [0.1, 0.15) is 58.4 Å². The number of aromatic nitrogens is 1. The van der Waals surface area contributed by atoms with Gasteiger partial charge in [-0.25, -0.2) is 0 Å². The van der Waals surface area contributed by atoms with Crippen molar-refractivity contribution >= 4 is 5.91 Å². The van der Waals surface area contributed by atoms with Crippen molar-refractivity contribution in [3.05, 3.63) is 34.2 Å². The molecule has 0 spiro atoms. The average Bonchev–Trinajstić information content (AvgIpc) is 2.56. The molecule has 1 saturated carbocycles. The Labute approximate surface area is 151 Å². The van der Waals surface area contributed by atoms with Gasteiger partial charge in [-0.2, -0.15) is 13.2 Å². The maximum absolute atomic E-state index is 12.8. The van der Waals surface area contributed by atoms with Crippen molar-refractivity contribution in [3.8, 4) is 0 Å². The first kappa shape index (κ1) is 20.5. The third kappa shape index (κ3) is 5.11. The molecule has 1 aliphatic carbocycles. The molecule has 1 aliphatic rings. The second-order valence-electron chi connectivity index (χ2n) is 7.84. The van der Waals surface area contributed by atoms with Gasteiger partial charge >= 0.3 is 6.18 Å². The Kier molecular flexibility index (Phi) is 6.19. The van der Waals surface area contributed by atoms with E-state index in [1.165, 1.54) is 0 Å². The van der Waals surface area contributed by atoms with Crippen molar-refractivity contribution < 1.29 is 18.0 Å². The molecular weight excluding hydrogens is 345 g/mol. The third-order valence-electron chi connectivity index (χ3n) is 5.73. The second-order valence-corrected chi connectivity index (χ2v) is 7.84. The minimum absolute atomic E-state index is 0.0212. The number of halogens is 3. The molecular formula is C19H27F3N2O2. The fourth-order valence-corrected chi connectivity index (χ4v) is 3.56. The topological polar surface area (TPSA) is 51.1 Å². The SMILES string of the molecule is CCC(C)(C)C1CCC(NC(=O)Cn2cc(C(F)(F)F)ccc2=O)CC1. The van der Waals surface area contributed by atoms with Crippen LogP contribution in [0.15, 0.2) is 23.1 Å². The largest absolute Gasteiger partial charge is 0.417 e. The van der Waals surface area contributed by atoms with Gasteiger partial charge in [0.25, 0.3) is 5.56 Å². The molecule has 0 radical (unpaired) electrons. The number of alkyl halides is 3. The average molecular weight is 372 g/mol. The zero-order valence-corrected chi connectivity index (χ0v) is 15.5. The van der Waals surface area contributed by atoms with Gasteiger partial charge in [-0.05, 0) is 43.1 Å². The summed E-state index contributed by atoms with van der Waals surface area (Å²) in [5.74, 6) is 0.191. The highest BCUT2D eigenvalue weighted by molar-refractivity contribution is 5.76. The van der Waals surface area contributed by atoms with Crippen LogP contribution in [0.25, 0.3) is 0 Å². The van der Waals surface area contributed by atoms with Gasteiger partial charge in [0.1, 0.15) is 6.54 Å². The van der Waals surface area contributed by atoms with Crippen molar-refractivity contribution in [2.24, 2.45) is 11.3 Å². The molecule has 7 heteroatoms. The van der Waals surface area contributed by atoms with E-state index < -0.39 is 29.8 Å². The number of carbonyl (C=O) groups excluding carboxylic acids is 1. The summed E-state index contributed by atoms with van der Waals surface area (Å²) in [7, 11) is 0. The van der Waals surface area contributed by atoms with E-state index in [9.17, 15) is 22.8 Å². The summed E-state index contributed by atoms with van der Waals surface area (Å²) in [5, 5.41) is 2.86. The Hall–Kier alpha value is -1.79. The number of nitrogens with zero attached hydrogens (tertiary/aromatic N) is 1. The smallest absolute Gasteiger partial charge is 0.352 e. The molecule has 4 nitrogen and oxygen atoms in total. The van der Waals surface area contributed by atoms with Crippen molar-refractivity contribution in [1.29, 1.82) is 0 Å². The van der Waals surface area contributed by atoms with Crippen LogP contribution < -0.4 is 10.9 Å². The van der Waals surface area contributed by atoms with Crippen LogP contribution in [-0.2, 0) is 17.5 Å². The van der Waals surface area contributed by atoms with Crippen LogP contribution in [0.4, 0.5) is 13.2 Å². The normalized spacial score (nSPS) is 21.5. The fraction of sp³-hybridized carbons (Fsp3) is 0.684. The van der Waals surface area contributed by atoms with Crippen LogP contribution in [0.5, 0.6) is 0 Å². The van der Waals surface area contributed by atoms with Gasteiger partial charge in [0, 0.05) is 18.3 Å². The molecule has 26 heavy (non-hydrogen) atoms. The zero-order chi connectivity index (χ0) is 19.5. The number of carbonyl (C=O) groups is 1. The highest BCUT2D eigenvalue weighted by Gasteiger charge is 2.33. The number of nitrogens with one attached hydrogen (secondary N) is 1. The number of pyridine rings is 1. The lowest BCUT2D eigenvalue weighted by atomic mass is 9.69. The van der Waals surface area contributed by atoms with E-state index in [0.29, 0.717) is 12.1 Å². The number of rotatable bonds is 5. The van der Waals surface area contributed by atoms with Crippen molar-refractivity contribution in [1.82, 2.24) is 9.88 Å². The Morgan fingerprint density at radius 3 is 2.35 bits per heavy atom. The third-order valence-corrected chi connectivity index (χ3v) is 5.73. The highest BCUT2D eigenvalue weighted by Crippen LogP contribution is 2.40. The predicted molar refractivity (Wildman–Crippen MR) is 93.7 cm³/mol. The molecule has 0 atom stereocenters. The van der Waals surface area contributed by atoms with E-state index in [-0.39, 0.29) is 11.5 Å². The Bertz CT molecular complexity index is 687.